The Kier molecular flexibility index (Phi) is 29.1. The van der Waals surface area contributed by atoms with Crippen molar-refractivity contribution in [2.75, 3.05) is 106 Å². The number of carbonyl (C=O) groups excluding carboxylic acids is 3. The molecule has 52 heavy (non-hydrogen) atoms. The Bertz CT molecular complexity index is 1010. The fourth-order valence-corrected chi connectivity index (χ4v) is 5.59. The number of rotatable bonds is 38. The van der Waals surface area contributed by atoms with Crippen LogP contribution < -0.4 is 0 Å². The molecule has 1 aromatic carbocycles. The molecule has 0 fully saturated rings. The fourth-order valence-electron chi connectivity index (χ4n) is 5.59. The van der Waals surface area contributed by atoms with E-state index in [2.05, 4.69) is 6.92 Å². The molecule has 1 heterocycles. The van der Waals surface area contributed by atoms with Crippen LogP contribution in [-0.2, 0) is 42.7 Å². The van der Waals surface area contributed by atoms with Gasteiger partial charge in [0, 0.05) is 6.42 Å². The number of hydrogen-bond donors (Lipinski definition) is 0. The Morgan fingerprint density at radius 2 is 0.788 bits per heavy atom. The highest BCUT2D eigenvalue weighted by molar-refractivity contribution is 6.21. The Labute approximate surface area is 312 Å². The van der Waals surface area contributed by atoms with Crippen LogP contribution in [0.25, 0.3) is 0 Å². The Morgan fingerprint density at radius 1 is 0.462 bits per heavy atom. The van der Waals surface area contributed by atoms with E-state index < -0.39 is 0 Å². The van der Waals surface area contributed by atoms with Gasteiger partial charge in [-0.15, -0.1) is 0 Å². The van der Waals surface area contributed by atoms with Crippen LogP contribution >= 0.6 is 0 Å². The lowest BCUT2D eigenvalue weighted by Gasteiger charge is -2.13. The van der Waals surface area contributed by atoms with E-state index in [-0.39, 0.29) is 37.5 Å². The second-order valence-corrected chi connectivity index (χ2v) is 12.8. The predicted octanol–water partition coefficient (Wildman–Crippen LogP) is 6.42. The molecule has 1 aromatic rings. The summed E-state index contributed by atoms with van der Waals surface area (Å²) < 4.78 is 43.6. The van der Waals surface area contributed by atoms with Gasteiger partial charge in [-0.2, -0.15) is 0 Å². The number of unbranched alkanes of at least 4 members (excludes halogenated alkanes) is 12. The lowest BCUT2D eigenvalue weighted by Crippen LogP contribution is -2.33. The summed E-state index contributed by atoms with van der Waals surface area (Å²) in [4.78, 5) is 37.7. The third-order valence-corrected chi connectivity index (χ3v) is 8.54. The van der Waals surface area contributed by atoms with Crippen molar-refractivity contribution in [3.63, 3.8) is 0 Å². The van der Waals surface area contributed by atoms with E-state index in [4.69, 9.17) is 37.9 Å². The molecule has 12 nitrogen and oxygen atoms in total. The lowest BCUT2D eigenvalue weighted by molar-refractivity contribution is -0.145. The quantitative estimate of drug-likeness (QED) is 0.0424. The van der Waals surface area contributed by atoms with Gasteiger partial charge in [-0.05, 0) is 18.6 Å². The Morgan fingerprint density at radius 3 is 1.17 bits per heavy atom. The minimum absolute atomic E-state index is 0.140. The van der Waals surface area contributed by atoms with Crippen LogP contribution in [-0.4, -0.2) is 128 Å². The largest absolute Gasteiger partial charge is 0.463 e. The first-order valence-electron chi connectivity index (χ1n) is 19.8. The molecule has 0 atom stereocenters. The Balaban J connectivity index is 1.18. The van der Waals surface area contributed by atoms with Crippen LogP contribution in [0.5, 0.6) is 0 Å². The van der Waals surface area contributed by atoms with Crippen LogP contribution in [0.3, 0.4) is 0 Å². The molecule has 0 aromatic heterocycles. The zero-order valence-electron chi connectivity index (χ0n) is 32.0. The summed E-state index contributed by atoms with van der Waals surface area (Å²) in [6.07, 6.45) is 17.3. The SMILES string of the molecule is CCCCCCCCCCCCCCCC(=O)OCCOCCOCCOCCOCCOCCOCCOCCN1C(=O)c2ccccc2C1=O. The van der Waals surface area contributed by atoms with Crippen molar-refractivity contribution in [1.29, 1.82) is 0 Å². The molecule has 0 aliphatic carbocycles. The molecular weight excluding hydrogens is 670 g/mol. The van der Waals surface area contributed by atoms with Gasteiger partial charge in [0.2, 0.25) is 0 Å². The third-order valence-electron chi connectivity index (χ3n) is 8.54. The number of benzene rings is 1. The number of hydrogen-bond acceptors (Lipinski definition) is 11. The zero-order valence-corrected chi connectivity index (χ0v) is 32.0. The number of carbonyl (C=O) groups is 3. The van der Waals surface area contributed by atoms with Gasteiger partial charge < -0.3 is 37.9 Å². The number of esters is 1. The van der Waals surface area contributed by atoms with E-state index in [9.17, 15) is 14.4 Å². The summed E-state index contributed by atoms with van der Waals surface area (Å²) in [5.41, 5.74) is 0.884. The molecule has 0 spiro atoms. The van der Waals surface area contributed by atoms with Gasteiger partial charge in [0.1, 0.15) is 6.61 Å². The van der Waals surface area contributed by atoms with Crippen molar-refractivity contribution in [3.05, 3.63) is 35.4 Å². The van der Waals surface area contributed by atoms with Crippen LogP contribution in [0, 0.1) is 0 Å². The summed E-state index contributed by atoms with van der Waals surface area (Å²) in [6, 6.07) is 6.82. The maximum Gasteiger partial charge on any atom is 0.305 e. The second kappa shape index (κ2) is 33.1. The summed E-state index contributed by atoms with van der Waals surface area (Å²) >= 11 is 0. The van der Waals surface area contributed by atoms with Crippen molar-refractivity contribution in [3.8, 4) is 0 Å². The molecule has 0 saturated heterocycles. The molecule has 0 radical (unpaired) electrons. The first-order chi connectivity index (χ1) is 25.6. The number of ether oxygens (including phenoxy) is 8. The standard InChI is InChI=1S/C40H67NO11/c1-2-3-4-5-6-7-8-9-10-11-12-13-14-19-38(42)52-35-34-51-33-32-50-31-30-49-29-28-48-27-26-47-25-24-46-23-22-45-21-20-41-39(43)36-17-15-16-18-37(36)40(41)44/h15-18H,2-14,19-35H2,1H3. The normalized spacial score (nSPS) is 12.6. The molecule has 2 amide bonds. The molecule has 2 rings (SSSR count). The van der Waals surface area contributed by atoms with E-state index >= 15 is 0 Å². The van der Waals surface area contributed by atoms with Gasteiger partial charge in [-0.1, -0.05) is 96.1 Å². The van der Waals surface area contributed by atoms with E-state index in [1.807, 2.05) is 0 Å². The Hall–Kier alpha value is -2.45. The zero-order chi connectivity index (χ0) is 37.2. The first kappa shape index (κ1) is 45.7. The highest BCUT2D eigenvalue weighted by atomic mass is 16.6. The van der Waals surface area contributed by atoms with E-state index in [0.29, 0.717) is 103 Å². The van der Waals surface area contributed by atoms with Gasteiger partial charge in [0.15, 0.2) is 0 Å². The van der Waals surface area contributed by atoms with Gasteiger partial charge in [-0.3, -0.25) is 19.3 Å². The number of fused-ring (bicyclic) bond motifs is 1. The minimum atomic E-state index is -0.277. The van der Waals surface area contributed by atoms with E-state index in [1.54, 1.807) is 24.3 Å². The third kappa shape index (κ3) is 23.3. The van der Waals surface area contributed by atoms with Crippen LogP contribution in [0.1, 0.15) is 118 Å². The highest BCUT2D eigenvalue weighted by Crippen LogP contribution is 2.22. The molecule has 0 N–H and O–H groups in total. The van der Waals surface area contributed by atoms with Crippen molar-refractivity contribution in [2.24, 2.45) is 0 Å². The van der Waals surface area contributed by atoms with Gasteiger partial charge >= 0.3 is 5.97 Å². The number of nitrogens with zero attached hydrogens (tertiary/aromatic N) is 1. The van der Waals surface area contributed by atoms with Crippen LogP contribution in [0.15, 0.2) is 24.3 Å². The average molecular weight is 738 g/mol. The maximum absolute atomic E-state index is 12.3. The number of amides is 2. The molecule has 0 unspecified atom stereocenters. The summed E-state index contributed by atoms with van der Waals surface area (Å²) in [7, 11) is 0. The van der Waals surface area contributed by atoms with Crippen molar-refractivity contribution in [2.45, 2.75) is 96.8 Å². The highest BCUT2D eigenvalue weighted by Gasteiger charge is 2.34. The van der Waals surface area contributed by atoms with Gasteiger partial charge in [0.05, 0.1) is 110 Å². The van der Waals surface area contributed by atoms with Crippen molar-refractivity contribution >= 4 is 17.8 Å². The minimum Gasteiger partial charge on any atom is -0.463 e. The molecule has 0 saturated carbocycles. The summed E-state index contributed by atoms with van der Waals surface area (Å²) in [5.74, 6) is -0.694. The van der Waals surface area contributed by atoms with E-state index in [1.165, 1.54) is 75.5 Å². The number of imide groups is 1. The topological polar surface area (TPSA) is 128 Å². The molecule has 0 bridgehead atoms. The monoisotopic (exact) mass is 737 g/mol. The van der Waals surface area contributed by atoms with Crippen molar-refractivity contribution in [1.82, 2.24) is 4.90 Å². The van der Waals surface area contributed by atoms with Crippen LogP contribution in [0.4, 0.5) is 0 Å². The predicted molar refractivity (Wildman–Crippen MR) is 199 cm³/mol. The molecule has 12 heteroatoms. The maximum atomic E-state index is 12.3. The van der Waals surface area contributed by atoms with Crippen molar-refractivity contribution < 1.29 is 52.3 Å². The molecule has 1 aliphatic rings. The molecular formula is C40H67NO11. The lowest BCUT2D eigenvalue weighted by atomic mass is 10.0. The fraction of sp³-hybridized carbons (Fsp3) is 0.775. The summed E-state index contributed by atoms with van der Waals surface area (Å²) in [6.45, 7) is 8.74. The molecule has 1 aliphatic heterocycles. The van der Waals surface area contributed by atoms with E-state index in [0.717, 1.165) is 12.8 Å². The summed E-state index contributed by atoms with van der Waals surface area (Å²) in [5, 5.41) is 0. The first-order valence-corrected chi connectivity index (χ1v) is 19.8. The smallest absolute Gasteiger partial charge is 0.305 e. The van der Waals surface area contributed by atoms with Gasteiger partial charge in [-0.25, -0.2) is 0 Å². The van der Waals surface area contributed by atoms with Gasteiger partial charge in [0.25, 0.3) is 11.8 Å². The average Bonchev–Trinajstić information content (AvgIpc) is 3.40. The van der Waals surface area contributed by atoms with Crippen LogP contribution in [0.2, 0.25) is 0 Å². The second-order valence-electron chi connectivity index (χ2n) is 12.8. The molecule has 298 valence electrons.